The highest BCUT2D eigenvalue weighted by atomic mass is 35.5. The van der Waals surface area contributed by atoms with Crippen molar-refractivity contribution in [1.29, 1.82) is 0 Å². The van der Waals surface area contributed by atoms with Crippen molar-refractivity contribution in [2.75, 3.05) is 23.3 Å². The third-order valence-electron chi connectivity index (χ3n) is 9.96. The maximum Gasteiger partial charge on any atom is 0.391 e. The second-order valence-corrected chi connectivity index (χ2v) is 15.2. The Bertz CT molecular complexity index is 1720. The average molecular weight is 694 g/mol. The van der Waals surface area contributed by atoms with Crippen molar-refractivity contribution in [1.82, 2.24) is 20.2 Å². The SMILES string of the molecule is Cc1c(N2C[C@@H]3C[C@H]3C2)c(C(=O)NC2CCC(C(F)(F)F)CC2)cc2nc(Nc3c(Cl)ccc(CNC(=O)C(C)(C)C)c3Cl)n(C)c12. The zero-order valence-electron chi connectivity index (χ0n) is 27.2. The molecule has 0 unspecified atom stereocenters. The molecule has 47 heavy (non-hydrogen) atoms. The molecule has 2 amide bonds. The molecule has 1 aliphatic heterocycles. The summed E-state index contributed by atoms with van der Waals surface area (Å²) in [4.78, 5) is 33.4. The molecule has 2 heterocycles. The molecular weight excluding hydrogens is 652 g/mol. The highest BCUT2D eigenvalue weighted by Gasteiger charge is 2.46. The highest BCUT2D eigenvalue weighted by molar-refractivity contribution is 6.39. The number of hydrogen-bond acceptors (Lipinski definition) is 5. The van der Waals surface area contributed by atoms with Gasteiger partial charge in [-0.1, -0.05) is 50.0 Å². The first-order valence-electron chi connectivity index (χ1n) is 16.2. The van der Waals surface area contributed by atoms with Gasteiger partial charge in [-0.3, -0.25) is 9.59 Å². The molecule has 6 rings (SSSR count). The highest BCUT2D eigenvalue weighted by Crippen LogP contribution is 2.48. The number of aryl methyl sites for hydroxylation is 2. The smallest absolute Gasteiger partial charge is 0.370 e. The summed E-state index contributed by atoms with van der Waals surface area (Å²) < 4.78 is 41.7. The first kappa shape index (κ1) is 33.7. The van der Waals surface area contributed by atoms with Crippen molar-refractivity contribution in [2.24, 2.45) is 30.2 Å². The summed E-state index contributed by atoms with van der Waals surface area (Å²) in [5.74, 6) is -0.0213. The fraction of sp³-hybridized carbons (Fsp3) is 0.559. The number of hydrogen-bond donors (Lipinski definition) is 3. The number of rotatable bonds is 7. The molecule has 8 nitrogen and oxygen atoms in total. The van der Waals surface area contributed by atoms with Crippen molar-refractivity contribution in [3.05, 3.63) is 44.9 Å². The number of piperidine rings is 1. The van der Waals surface area contributed by atoms with Gasteiger partial charge in [-0.05, 0) is 74.1 Å². The van der Waals surface area contributed by atoms with Gasteiger partial charge < -0.3 is 25.4 Å². The number of carbonyl (C=O) groups excluding carboxylic acids is 2. The predicted octanol–water partition coefficient (Wildman–Crippen LogP) is 7.90. The molecule has 0 spiro atoms. The minimum atomic E-state index is -4.20. The van der Waals surface area contributed by atoms with E-state index in [-0.39, 0.29) is 37.2 Å². The van der Waals surface area contributed by atoms with Gasteiger partial charge in [0.25, 0.3) is 5.91 Å². The van der Waals surface area contributed by atoms with Gasteiger partial charge in [0.2, 0.25) is 11.9 Å². The molecule has 0 bridgehead atoms. The van der Waals surface area contributed by atoms with Gasteiger partial charge in [-0.25, -0.2) is 4.98 Å². The van der Waals surface area contributed by atoms with E-state index in [4.69, 9.17) is 28.2 Å². The van der Waals surface area contributed by atoms with Crippen LogP contribution in [-0.4, -0.2) is 46.7 Å². The zero-order chi connectivity index (χ0) is 34.0. The lowest BCUT2D eigenvalue weighted by Gasteiger charge is -2.31. The minimum absolute atomic E-state index is 0.0133. The number of amides is 2. The van der Waals surface area contributed by atoms with Crippen LogP contribution in [0.25, 0.3) is 11.0 Å². The molecule has 1 aromatic heterocycles. The Kier molecular flexibility index (Phi) is 8.87. The molecule has 2 saturated carbocycles. The van der Waals surface area contributed by atoms with Crippen LogP contribution in [0, 0.1) is 30.1 Å². The van der Waals surface area contributed by atoms with Crippen LogP contribution in [0.1, 0.15) is 74.4 Å². The molecule has 254 valence electrons. The lowest BCUT2D eigenvalue weighted by molar-refractivity contribution is -0.182. The number of fused-ring (bicyclic) bond motifs is 2. The largest absolute Gasteiger partial charge is 0.391 e. The summed E-state index contributed by atoms with van der Waals surface area (Å²) in [6.07, 6.45) is -2.40. The van der Waals surface area contributed by atoms with Crippen LogP contribution >= 0.6 is 23.2 Å². The second-order valence-electron chi connectivity index (χ2n) is 14.4. The first-order chi connectivity index (χ1) is 22.0. The van der Waals surface area contributed by atoms with Crippen molar-refractivity contribution in [3.63, 3.8) is 0 Å². The molecule has 3 N–H and O–H groups in total. The van der Waals surface area contributed by atoms with Gasteiger partial charge in [-0.15, -0.1) is 0 Å². The Morgan fingerprint density at radius 1 is 1.04 bits per heavy atom. The van der Waals surface area contributed by atoms with E-state index in [0.717, 1.165) is 29.9 Å². The Morgan fingerprint density at radius 3 is 2.32 bits per heavy atom. The number of nitrogens with one attached hydrogen (secondary N) is 3. The number of aromatic nitrogens is 2. The zero-order valence-corrected chi connectivity index (χ0v) is 28.8. The van der Waals surface area contributed by atoms with E-state index >= 15 is 0 Å². The van der Waals surface area contributed by atoms with Crippen molar-refractivity contribution < 1.29 is 22.8 Å². The summed E-state index contributed by atoms with van der Waals surface area (Å²) in [5.41, 5.74) is 4.22. The van der Waals surface area contributed by atoms with Gasteiger partial charge in [0.15, 0.2) is 0 Å². The topological polar surface area (TPSA) is 91.3 Å². The molecule has 13 heteroatoms. The van der Waals surface area contributed by atoms with E-state index in [1.165, 1.54) is 6.42 Å². The van der Waals surface area contributed by atoms with Crippen LogP contribution in [-0.2, 0) is 18.4 Å². The Balaban J connectivity index is 1.30. The Morgan fingerprint density at radius 2 is 1.70 bits per heavy atom. The van der Waals surface area contributed by atoms with E-state index in [9.17, 15) is 22.8 Å². The van der Waals surface area contributed by atoms with E-state index in [1.54, 1.807) is 18.2 Å². The summed E-state index contributed by atoms with van der Waals surface area (Å²) in [6, 6.07) is 4.95. The number of imidazole rings is 1. The summed E-state index contributed by atoms with van der Waals surface area (Å²) in [5, 5.41) is 9.98. The number of alkyl halides is 3. The average Bonchev–Trinajstić information content (AvgIpc) is 3.46. The molecule has 3 aliphatic rings. The molecular formula is C34H41Cl2F3N6O2. The molecule has 3 fully saturated rings. The third kappa shape index (κ3) is 6.75. The number of halogens is 5. The molecule has 1 saturated heterocycles. The molecule has 2 aliphatic carbocycles. The number of anilines is 3. The molecule has 2 atom stereocenters. The molecule has 2 aromatic carbocycles. The van der Waals surface area contributed by atoms with Crippen LogP contribution in [0.5, 0.6) is 0 Å². The second kappa shape index (κ2) is 12.4. The standard InChI is InChI=1S/C34H41Cl2F3N6O2/c1-17-28(45-15-19-12-20(19)16-45)23(30(46)41-22-9-7-21(8-10-22)34(37,38)39)13-25-29(17)44(5)32(42-25)43-27-24(35)11-6-18(26(27)36)14-40-31(47)33(2,3)4/h6,11,13,19-22H,7-10,12,14-16H2,1-5H3,(H,40,47)(H,41,46)(H,42,43)/t19-,20-,21?,22?/m0/s1. The van der Waals surface area contributed by atoms with Gasteiger partial charge in [-0.2, -0.15) is 13.2 Å². The first-order valence-corrected chi connectivity index (χ1v) is 16.9. The lowest BCUT2D eigenvalue weighted by atomic mass is 9.85. The molecule has 0 radical (unpaired) electrons. The number of nitrogens with zero attached hydrogens (tertiary/aromatic N) is 3. The van der Waals surface area contributed by atoms with Gasteiger partial charge in [0, 0.05) is 38.1 Å². The summed E-state index contributed by atoms with van der Waals surface area (Å²) >= 11 is 13.4. The van der Waals surface area contributed by atoms with E-state index < -0.39 is 17.5 Å². The van der Waals surface area contributed by atoms with Gasteiger partial charge in [0.05, 0.1) is 43.9 Å². The van der Waals surface area contributed by atoms with Crippen LogP contribution < -0.4 is 20.9 Å². The number of benzene rings is 2. The normalized spacial score (nSPS) is 22.7. The van der Waals surface area contributed by atoms with E-state index in [0.29, 0.717) is 63.0 Å². The fourth-order valence-electron chi connectivity index (χ4n) is 7.08. The fourth-order valence-corrected chi connectivity index (χ4v) is 7.62. The van der Waals surface area contributed by atoms with E-state index in [1.807, 2.05) is 39.3 Å². The monoisotopic (exact) mass is 692 g/mol. The van der Waals surface area contributed by atoms with Crippen LogP contribution in [0.15, 0.2) is 18.2 Å². The lowest BCUT2D eigenvalue weighted by Crippen LogP contribution is -2.40. The van der Waals surface area contributed by atoms with Gasteiger partial charge in [0.1, 0.15) is 0 Å². The van der Waals surface area contributed by atoms with Crippen molar-refractivity contribution in [2.45, 2.75) is 78.6 Å². The third-order valence-corrected chi connectivity index (χ3v) is 10.7. The Hall–Kier alpha value is -3.18. The van der Waals surface area contributed by atoms with Crippen LogP contribution in [0.3, 0.4) is 0 Å². The van der Waals surface area contributed by atoms with Crippen molar-refractivity contribution in [3.8, 4) is 0 Å². The maximum atomic E-state index is 13.9. The van der Waals surface area contributed by atoms with Crippen molar-refractivity contribution >= 4 is 63.4 Å². The summed E-state index contributed by atoms with van der Waals surface area (Å²) in [7, 11) is 1.88. The van der Waals surface area contributed by atoms with Gasteiger partial charge >= 0.3 is 6.18 Å². The number of carbonyl (C=O) groups is 2. The maximum absolute atomic E-state index is 13.9. The van der Waals surface area contributed by atoms with Crippen LogP contribution in [0.2, 0.25) is 10.0 Å². The minimum Gasteiger partial charge on any atom is -0.370 e. The molecule has 3 aromatic rings. The predicted molar refractivity (Wildman–Crippen MR) is 180 cm³/mol. The quantitative estimate of drug-likeness (QED) is 0.234. The van der Waals surface area contributed by atoms with E-state index in [2.05, 4.69) is 20.9 Å². The Labute approximate surface area is 282 Å². The summed E-state index contributed by atoms with van der Waals surface area (Å²) in [6.45, 7) is 9.43. The van der Waals surface area contributed by atoms with Crippen LogP contribution in [0.4, 0.5) is 30.5 Å².